The third-order valence-electron chi connectivity index (χ3n) is 3.03. The average molecular weight is 278 g/mol. The number of unbranched alkanes of at least 4 members (excludes halogenated alkanes) is 1. The monoisotopic (exact) mass is 278 g/mol. The topological polar surface area (TPSA) is 64.3 Å². The Balaban J connectivity index is 2.22. The van der Waals surface area contributed by atoms with E-state index in [1.807, 2.05) is 24.3 Å². The van der Waals surface area contributed by atoms with Gasteiger partial charge in [-0.05, 0) is 43.5 Å². The van der Waals surface area contributed by atoms with Crippen LogP contribution in [-0.2, 0) is 11.2 Å². The zero-order valence-corrected chi connectivity index (χ0v) is 12.4. The lowest BCUT2D eigenvalue weighted by molar-refractivity contribution is -0.121. The first-order valence-corrected chi connectivity index (χ1v) is 7.44. The molecule has 0 radical (unpaired) electrons. The fourth-order valence-corrected chi connectivity index (χ4v) is 1.78. The fourth-order valence-electron chi connectivity index (χ4n) is 1.78. The molecule has 0 heterocycles. The fraction of sp³-hybridized carbons (Fsp3) is 0.562. The van der Waals surface area contributed by atoms with Crippen LogP contribution in [0.1, 0.15) is 38.2 Å². The van der Waals surface area contributed by atoms with Crippen LogP contribution in [0.2, 0.25) is 0 Å². The SMILES string of the molecule is CCCCOc1ccc(CCNC(=O)CCCN)cc1. The van der Waals surface area contributed by atoms with Gasteiger partial charge in [0, 0.05) is 13.0 Å². The molecule has 0 fully saturated rings. The maximum atomic E-state index is 11.4. The highest BCUT2D eigenvalue weighted by Crippen LogP contribution is 2.12. The van der Waals surface area contributed by atoms with Crippen molar-refractivity contribution < 1.29 is 9.53 Å². The maximum Gasteiger partial charge on any atom is 0.220 e. The van der Waals surface area contributed by atoms with Crippen LogP contribution in [0.25, 0.3) is 0 Å². The molecule has 3 N–H and O–H groups in total. The van der Waals surface area contributed by atoms with Gasteiger partial charge in [-0.2, -0.15) is 0 Å². The van der Waals surface area contributed by atoms with E-state index in [4.69, 9.17) is 10.5 Å². The van der Waals surface area contributed by atoms with Gasteiger partial charge in [0.05, 0.1) is 6.61 Å². The van der Waals surface area contributed by atoms with Crippen LogP contribution < -0.4 is 15.8 Å². The molecule has 0 aliphatic heterocycles. The van der Waals surface area contributed by atoms with Gasteiger partial charge < -0.3 is 15.8 Å². The maximum absolute atomic E-state index is 11.4. The molecule has 0 aliphatic rings. The predicted octanol–water partition coefficient (Wildman–Crippen LogP) is 2.26. The van der Waals surface area contributed by atoms with Crippen LogP contribution in [-0.4, -0.2) is 25.6 Å². The van der Waals surface area contributed by atoms with Gasteiger partial charge in [0.1, 0.15) is 5.75 Å². The second-order valence-corrected chi connectivity index (χ2v) is 4.84. The van der Waals surface area contributed by atoms with Crippen LogP contribution in [0, 0.1) is 0 Å². The Labute approximate surface area is 121 Å². The summed E-state index contributed by atoms with van der Waals surface area (Å²) < 4.78 is 5.61. The van der Waals surface area contributed by atoms with E-state index in [-0.39, 0.29) is 5.91 Å². The molecule has 0 aromatic heterocycles. The number of nitrogens with one attached hydrogen (secondary N) is 1. The molecular formula is C16H26N2O2. The third kappa shape index (κ3) is 7.14. The van der Waals surface area contributed by atoms with E-state index in [1.165, 1.54) is 5.56 Å². The number of nitrogens with two attached hydrogens (primary N) is 1. The molecule has 0 spiro atoms. The molecule has 112 valence electrons. The van der Waals surface area contributed by atoms with Crippen molar-refractivity contribution in [3.63, 3.8) is 0 Å². The van der Waals surface area contributed by atoms with Gasteiger partial charge in [0.2, 0.25) is 5.91 Å². The second-order valence-electron chi connectivity index (χ2n) is 4.84. The highest BCUT2D eigenvalue weighted by molar-refractivity contribution is 5.75. The largest absolute Gasteiger partial charge is 0.494 e. The molecule has 0 saturated carbocycles. The summed E-state index contributed by atoms with van der Waals surface area (Å²) in [4.78, 5) is 11.4. The van der Waals surface area contributed by atoms with E-state index in [2.05, 4.69) is 12.2 Å². The van der Waals surface area contributed by atoms with E-state index in [0.717, 1.165) is 38.0 Å². The molecule has 1 aromatic rings. The number of amides is 1. The van der Waals surface area contributed by atoms with Crippen LogP contribution in [0.5, 0.6) is 5.75 Å². The molecule has 0 bridgehead atoms. The van der Waals surface area contributed by atoms with Crippen LogP contribution in [0.15, 0.2) is 24.3 Å². The van der Waals surface area contributed by atoms with Gasteiger partial charge in [0.15, 0.2) is 0 Å². The summed E-state index contributed by atoms with van der Waals surface area (Å²) in [6.45, 7) is 4.15. The quantitative estimate of drug-likeness (QED) is 0.645. The molecule has 1 rings (SSSR count). The third-order valence-corrected chi connectivity index (χ3v) is 3.03. The summed E-state index contributed by atoms with van der Waals surface area (Å²) in [5.74, 6) is 0.990. The van der Waals surface area contributed by atoms with Crippen molar-refractivity contribution in [2.75, 3.05) is 19.7 Å². The van der Waals surface area contributed by atoms with Crippen molar-refractivity contribution in [1.29, 1.82) is 0 Å². The lowest BCUT2D eigenvalue weighted by Crippen LogP contribution is -2.25. The van der Waals surface area contributed by atoms with Crippen LogP contribution in [0.4, 0.5) is 0 Å². The number of carbonyl (C=O) groups is 1. The average Bonchev–Trinajstić information content (AvgIpc) is 2.47. The van der Waals surface area contributed by atoms with Crippen molar-refractivity contribution in [2.24, 2.45) is 5.73 Å². The predicted molar refractivity (Wildman–Crippen MR) is 81.8 cm³/mol. The highest BCUT2D eigenvalue weighted by Gasteiger charge is 2.00. The Hall–Kier alpha value is -1.55. The first-order chi connectivity index (χ1) is 9.76. The van der Waals surface area contributed by atoms with Gasteiger partial charge in [-0.3, -0.25) is 4.79 Å². The van der Waals surface area contributed by atoms with Crippen molar-refractivity contribution in [3.8, 4) is 5.75 Å². The Morgan fingerprint density at radius 3 is 2.65 bits per heavy atom. The number of benzene rings is 1. The first-order valence-electron chi connectivity index (χ1n) is 7.44. The summed E-state index contributed by atoms with van der Waals surface area (Å²) in [5.41, 5.74) is 6.56. The molecule has 0 aliphatic carbocycles. The van der Waals surface area contributed by atoms with E-state index < -0.39 is 0 Å². The molecule has 0 atom stereocenters. The minimum atomic E-state index is 0.0787. The van der Waals surface area contributed by atoms with Crippen molar-refractivity contribution >= 4 is 5.91 Å². The Morgan fingerprint density at radius 1 is 1.25 bits per heavy atom. The van der Waals surface area contributed by atoms with Crippen LogP contribution in [0.3, 0.4) is 0 Å². The first kappa shape index (κ1) is 16.5. The molecular weight excluding hydrogens is 252 g/mol. The number of carbonyl (C=O) groups excluding carboxylic acids is 1. The lowest BCUT2D eigenvalue weighted by atomic mass is 10.1. The van der Waals surface area contributed by atoms with Gasteiger partial charge in [0.25, 0.3) is 0 Å². The number of ether oxygens (including phenoxy) is 1. The summed E-state index contributed by atoms with van der Waals surface area (Å²) in [6, 6.07) is 8.07. The zero-order chi connectivity index (χ0) is 14.6. The van der Waals surface area contributed by atoms with Gasteiger partial charge in [-0.1, -0.05) is 25.5 Å². The van der Waals surface area contributed by atoms with Gasteiger partial charge in [-0.25, -0.2) is 0 Å². The summed E-state index contributed by atoms with van der Waals surface area (Å²) in [7, 11) is 0. The Morgan fingerprint density at radius 2 is 2.00 bits per heavy atom. The van der Waals surface area contributed by atoms with Crippen molar-refractivity contribution in [3.05, 3.63) is 29.8 Å². The molecule has 20 heavy (non-hydrogen) atoms. The normalized spacial score (nSPS) is 10.3. The molecule has 1 aromatic carbocycles. The van der Waals surface area contributed by atoms with E-state index in [0.29, 0.717) is 19.5 Å². The summed E-state index contributed by atoms with van der Waals surface area (Å²) in [5, 5.41) is 2.90. The molecule has 0 unspecified atom stereocenters. The Bertz CT molecular complexity index is 377. The zero-order valence-electron chi connectivity index (χ0n) is 12.4. The lowest BCUT2D eigenvalue weighted by Gasteiger charge is -2.07. The Kier molecular flexibility index (Phi) is 8.47. The van der Waals surface area contributed by atoms with Gasteiger partial charge >= 0.3 is 0 Å². The minimum Gasteiger partial charge on any atom is -0.494 e. The number of hydrogen-bond donors (Lipinski definition) is 2. The molecule has 4 heteroatoms. The molecule has 4 nitrogen and oxygen atoms in total. The van der Waals surface area contributed by atoms with E-state index in [1.54, 1.807) is 0 Å². The number of hydrogen-bond acceptors (Lipinski definition) is 3. The standard InChI is InChI=1S/C16H26N2O2/c1-2-3-13-20-15-8-6-14(7-9-15)10-12-18-16(19)5-4-11-17/h6-9H,2-5,10-13,17H2,1H3,(H,18,19). The minimum absolute atomic E-state index is 0.0787. The van der Waals surface area contributed by atoms with Gasteiger partial charge in [-0.15, -0.1) is 0 Å². The molecule has 0 saturated heterocycles. The summed E-state index contributed by atoms with van der Waals surface area (Å²) >= 11 is 0. The summed E-state index contributed by atoms with van der Waals surface area (Å²) in [6.07, 6.45) is 4.32. The highest BCUT2D eigenvalue weighted by atomic mass is 16.5. The van der Waals surface area contributed by atoms with Crippen molar-refractivity contribution in [1.82, 2.24) is 5.32 Å². The van der Waals surface area contributed by atoms with Crippen molar-refractivity contribution in [2.45, 2.75) is 39.0 Å². The van der Waals surface area contributed by atoms with E-state index in [9.17, 15) is 4.79 Å². The van der Waals surface area contributed by atoms with Crippen LogP contribution >= 0.6 is 0 Å². The number of rotatable bonds is 10. The molecule has 1 amide bonds. The van der Waals surface area contributed by atoms with E-state index >= 15 is 0 Å². The second kappa shape index (κ2) is 10.3. The smallest absolute Gasteiger partial charge is 0.220 e.